The molecule has 7 nitrogen and oxygen atoms in total. The topological polar surface area (TPSA) is 89.5 Å². The third kappa shape index (κ3) is 4.52. The summed E-state index contributed by atoms with van der Waals surface area (Å²) in [7, 11) is 0. The summed E-state index contributed by atoms with van der Waals surface area (Å²) in [6, 6.07) is 8.32. The molecule has 0 aliphatic carbocycles. The van der Waals surface area contributed by atoms with Crippen molar-refractivity contribution in [3.63, 3.8) is 0 Å². The first-order valence-corrected chi connectivity index (χ1v) is 8.30. The van der Waals surface area contributed by atoms with Gasteiger partial charge in [0.1, 0.15) is 5.69 Å². The molecule has 2 amide bonds. The molecule has 8 heteroatoms. The van der Waals surface area contributed by atoms with Gasteiger partial charge < -0.3 is 9.47 Å². The summed E-state index contributed by atoms with van der Waals surface area (Å²) in [6.45, 7) is 1.08. The second-order valence-electron chi connectivity index (χ2n) is 5.37. The zero-order chi connectivity index (χ0) is 18.4. The van der Waals surface area contributed by atoms with Crippen LogP contribution in [-0.2, 0) is 4.79 Å². The molecule has 3 rings (SSSR count). The number of ether oxygens (including phenoxy) is 2. The Morgan fingerprint density at radius 2 is 2.00 bits per heavy atom. The molecule has 2 aromatic rings. The van der Waals surface area contributed by atoms with Crippen LogP contribution in [0, 0.1) is 0 Å². The fourth-order valence-electron chi connectivity index (χ4n) is 2.24. The highest BCUT2D eigenvalue weighted by atomic mass is 35.5. The molecule has 0 spiro atoms. The largest absolute Gasteiger partial charge is 0.489 e. The lowest BCUT2D eigenvalue weighted by atomic mass is 10.2. The van der Waals surface area contributed by atoms with E-state index in [1.165, 1.54) is 18.3 Å². The minimum Gasteiger partial charge on any atom is -0.489 e. The molecule has 134 valence electrons. The van der Waals surface area contributed by atoms with Crippen molar-refractivity contribution < 1.29 is 19.1 Å². The Morgan fingerprint density at radius 1 is 1.15 bits per heavy atom. The molecule has 0 fully saturated rings. The van der Waals surface area contributed by atoms with E-state index in [9.17, 15) is 9.59 Å². The SMILES string of the molecule is O=C(/C=C/c1cc(Cl)c2c(c1)OCCCO2)NNC(=O)c1ccccn1. The van der Waals surface area contributed by atoms with Crippen molar-refractivity contribution in [2.24, 2.45) is 0 Å². The van der Waals surface area contributed by atoms with Crippen LogP contribution in [0.4, 0.5) is 0 Å². The standard InChI is InChI=1S/C18H16ClN3O4/c19-13-10-12(11-15-17(13)26-9-3-8-25-15)5-6-16(23)21-22-18(24)14-4-1-2-7-20-14/h1-2,4-7,10-11H,3,8-9H2,(H,21,23)(H,22,24)/b6-5+. The van der Waals surface area contributed by atoms with Gasteiger partial charge in [-0.2, -0.15) is 0 Å². The van der Waals surface area contributed by atoms with Gasteiger partial charge in [-0.1, -0.05) is 17.7 Å². The second kappa shape index (κ2) is 8.35. The molecule has 1 aliphatic rings. The normalized spacial score (nSPS) is 13.1. The van der Waals surface area contributed by atoms with E-state index < -0.39 is 11.8 Å². The molecule has 0 radical (unpaired) electrons. The van der Waals surface area contributed by atoms with Gasteiger partial charge in [-0.3, -0.25) is 25.4 Å². The van der Waals surface area contributed by atoms with Crippen LogP contribution in [0.5, 0.6) is 11.5 Å². The highest BCUT2D eigenvalue weighted by Crippen LogP contribution is 2.38. The van der Waals surface area contributed by atoms with Gasteiger partial charge in [0.2, 0.25) is 0 Å². The second-order valence-corrected chi connectivity index (χ2v) is 5.78. The lowest BCUT2D eigenvalue weighted by Crippen LogP contribution is -2.41. The van der Waals surface area contributed by atoms with E-state index in [0.29, 0.717) is 35.3 Å². The lowest BCUT2D eigenvalue weighted by Gasteiger charge is -2.10. The van der Waals surface area contributed by atoms with Crippen molar-refractivity contribution in [2.45, 2.75) is 6.42 Å². The Kier molecular flexibility index (Phi) is 5.70. The van der Waals surface area contributed by atoms with Crippen molar-refractivity contribution in [2.75, 3.05) is 13.2 Å². The summed E-state index contributed by atoms with van der Waals surface area (Å²) >= 11 is 6.20. The Labute approximate surface area is 154 Å². The maximum Gasteiger partial charge on any atom is 0.288 e. The van der Waals surface area contributed by atoms with E-state index in [0.717, 1.165) is 6.42 Å². The van der Waals surface area contributed by atoms with Gasteiger partial charge in [0.25, 0.3) is 11.8 Å². The van der Waals surface area contributed by atoms with E-state index in [1.54, 1.807) is 30.3 Å². The summed E-state index contributed by atoms with van der Waals surface area (Å²) in [5.41, 5.74) is 5.44. The molecule has 1 aromatic heterocycles. The quantitative estimate of drug-likeness (QED) is 0.637. The highest BCUT2D eigenvalue weighted by Gasteiger charge is 2.15. The van der Waals surface area contributed by atoms with Crippen molar-refractivity contribution >= 4 is 29.5 Å². The minimum absolute atomic E-state index is 0.200. The van der Waals surface area contributed by atoms with E-state index in [2.05, 4.69) is 15.8 Å². The van der Waals surface area contributed by atoms with Crippen LogP contribution in [0.15, 0.2) is 42.6 Å². The average molecular weight is 374 g/mol. The van der Waals surface area contributed by atoms with Gasteiger partial charge in [0.05, 0.1) is 18.2 Å². The van der Waals surface area contributed by atoms with Crippen LogP contribution < -0.4 is 20.3 Å². The number of benzene rings is 1. The van der Waals surface area contributed by atoms with Crippen LogP contribution >= 0.6 is 11.6 Å². The molecule has 26 heavy (non-hydrogen) atoms. The predicted octanol–water partition coefficient (Wildman–Crippen LogP) is 2.37. The zero-order valence-corrected chi connectivity index (χ0v) is 14.5. The number of hydrogen-bond donors (Lipinski definition) is 2. The number of hydrogen-bond acceptors (Lipinski definition) is 5. The number of pyridine rings is 1. The number of carbonyl (C=O) groups excluding carboxylic acids is 2. The van der Waals surface area contributed by atoms with Crippen molar-refractivity contribution in [3.05, 3.63) is 58.9 Å². The first kappa shape index (κ1) is 17.8. The first-order valence-electron chi connectivity index (χ1n) is 7.92. The summed E-state index contributed by atoms with van der Waals surface area (Å²) in [6.07, 6.45) is 5.09. The van der Waals surface area contributed by atoms with E-state index in [4.69, 9.17) is 21.1 Å². The number of hydrazine groups is 1. The molecule has 2 heterocycles. The molecule has 1 aliphatic heterocycles. The van der Waals surface area contributed by atoms with Crippen LogP contribution in [-0.4, -0.2) is 30.0 Å². The number of halogens is 1. The summed E-state index contributed by atoms with van der Waals surface area (Å²) in [5.74, 6) is 0.0374. The molecular weight excluding hydrogens is 358 g/mol. The number of amides is 2. The lowest BCUT2D eigenvalue weighted by molar-refractivity contribution is -0.117. The van der Waals surface area contributed by atoms with Gasteiger partial charge in [0.15, 0.2) is 11.5 Å². The number of nitrogens with zero attached hydrogens (tertiary/aromatic N) is 1. The summed E-state index contributed by atoms with van der Waals surface area (Å²) in [4.78, 5) is 27.5. The minimum atomic E-state index is -0.508. The Morgan fingerprint density at radius 3 is 2.81 bits per heavy atom. The van der Waals surface area contributed by atoms with Crippen molar-refractivity contribution in [3.8, 4) is 11.5 Å². The van der Waals surface area contributed by atoms with E-state index in [-0.39, 0.29) is 5.69 Å². The zero-order valence-electron chi connectivity index (χ0n) is 13.7. The van der Waals surface area contributed by atoms with Crippen LogP contribution in [0.1, 0.15) is 22.5 Å². The molecule has 0 unspecified atom stereocenters. The molecule has 0 bridgehead atoms. The van der Waals surface area contributed by atoms with Gasteiger partial charge in [-0.15, -0.1) is 0 Å². The smallest absolute Gasteiger partial charge is 0.288 e. The van der Waals surface area contributed by atoms with E-state index in [1.807, 2.05) is 0 Å². The van der Waals surface area contributed by atoms with Gasteiger partial charge in [-0.25, -0.2) is 0 Å². The van der Waals surface area contributed by atoms with Crippen LogP contribution in [0.25, 0.3) is 6.08 Å². The maximum atomic E-state index is 11.9. The molecular formula is C18H16ClN3O4. The first-order chi connectivity index (χ1) is 12.6. The van der Waals surface area contributed by atoms with Gasteiger partial charge >= 0.3 is 0 Å². The Balaban J connectivity index is 1.61. The fraction of sp³-hybridized carbons (Fsp3) is 0.167. The molecule has 1 aromatic carbocycles. The predicted molar refractivity (Wildman–Crippen MR) is 95.9 cm³/mol. The number of carbonyl (C=O) groups is 2. The fourth-order valence-corrected chi connectivity index (χ4v) is 2.51. The molecule has 0 atom stereocenters. The summed E-state index contributed by atoms with van der Waals surface area (Å²) in [5, 5.41) is 0.410. The molecule has 0 saturated heterocycles. The number of aromatic nitrogens is 1. The summed E-state index contributed by atoms with van der Waals surface area (Å²) < 4.78 is 11.1. The molecule has 2 N–H and O–H groups in total. The third-order valence-corrected chi connectivity index (χ3v) is 3.73. The van der Waals surface area contributed by atoms with Crippen molar-refractivity contribution in [1.82, 2.24) is 15.8 Å². The van der Waals surface area contributed by atoms with Gasteiger partial charge in [0, 0.05) is 18.7 Å². The monoisotopic (exact) mass is 373 g/mol. The Bertz CT molecular complexity index is 840. The van der Waals surface area contributed by atoms with Crippen LogP contribution in [0.3, 0.4) is 0 Å². The maximum absolute atomic E-state index is 11.9. The highest BCUT2D eigenvalue weighted by molar-refractivity contribution is 6.32. The number of rotatable bonds is 3. The number of nitrogens with one attached hydrogen (secondary N) is 2. The van der Waals surface area contributed by atoms with Crippen LogP contribution in [0.2, 0.25) is 5.02 Å². The number of fused-ring (bicyclic) bond motifs is 1. The van der Waals surface area contributed by atoms with Gasteiger partial charge in [-0.05, 0) is 35.9 Å². The Hall–Kier alpha value is -3.06. The van der Waals surface area contributed by atoms with E-state index >= 15 is 0 Å². The third-order valence-electron chi connectivity index (χ3n) is 3.45. The average Bonchev–Trinajstić information content (AvgIpc) is 2.91. The molecule has 0 saturated carbocycles. The van der Waals surface area contributed by atoms with Crippen molar-refractivity contribution in [1.29, 1.82) is 0 Å².